The van der Waals surface area contributed by atoms with Gasteiger partial charge in [0, 0.05) is 30.0 Å². The average Bonchev–Trinajstić information content (AvgIpc) is 2.35. The standard InChI is InChI=1S/C12H15F2N5O2/c1-7-2-3-8(4-10(7)19(20)21)11(15)17-18(16)9-5-12(13,14)6-9/h2-4,9H,5-6,16H2,1H3,(H2,15,17). The maximum absolute atomic E-state index is 12.8. The fourth-order valence-corrected chi connectivity index (χ4v) is 2.05. The number of benzene rings is 1. The highest BCUT2D eigenvalue weighted by atomic mass is 19.3. The van der Waals surface area contributed by atoms with Crippen LogP contribution < -0.4 is 11.6 Å². The molecule has 1 aliphatic carbocycles. The topological polar surface area (TPSA) is 111 Å². The average molecular weight is 299 g/mol. The zero-order valence-corrected chi connectivity index (χ0v) is 11.3. The van der Waals surface area contributed by atoms with E-state index in [0.717, 1.165) is 5.12 Å². The molecule has 0 atom stereocenters. The summed E-state index contributed by atoms with van der Waals surface area (Å²) in [7, 11) is 0. The van der Waals surface area contributed by atoms with E-state index < -0.39 is 16.9 Å². The van der Waals surface area contributed by atoms with Crippen molar-refractivity contribution in [3.05, 3.63) is 39.4 Å². The van der Waals surface area contributed by atoms with Gasteiger partial charge in [0.15, 0.2) is 5.84 Å². The molecule has 0 spiro atoms. The number of nitrogens with two attached hydrogens (primary N) is 2. The summed E-state index contributed by atoms with van der Waals surface area (Å²) in [5, 5.41) is 15.6. The number of hydrazone groups is 1. The van der Waals surface area contributed by atoms with Gasteiger partial charge in [-0.2, -0.15) is 0 Å². The van der Waals surface area contributed by atoms with Gasteiger partial charge in [-0.25, -0.2) is 19.7 Å². The van der Waals surface area contributed by atoms with E-state index in [9.17, 15) is 18.9 Å². The molecule has 114 valence electrons. The van der Waals surface area contributed by atoms with Gasteiger partial charge < -0.3 is 5.73 Å². The molecular formula is C12H15F2N5O2. The van der Waals surface area contributed by atoms with Gasteiger partial charge in [0.2, 0.25) is 0 Å². The lowest BCUT2D eigenvalue weighted by Crippen LogP contribution is -2.52. The number of hydrogen-bond acceptors (Lipinski definition) is 5. The lowest BCUT2D eigenvalue weighted by molar-refractivity contribution is -0.385. The van der Waals surface area contributed by atoms with Crippen LogP contribution in [0.25, 0.3) is 0 Å². The maximum atomic E-state index is 12.8. The molecule has 0 bridgehead atoms. The Hall–Kier alpha value is -2.29. The van der Waals surface area contributed by atoms with Crippen LogP contribution in [0.15, 0.2) is 23.3 Å². The van der Waals surface area contributed by atoms with Crippen LogP contribution in [0.5, 0.6) is 0 Å². The third-order valence-electron chi connectivity index (χ3n) is 3.37. The minimum absolute atomic E-state index is 0.0594. The number of hydrogen-bond donors (Lipinski definition) is 2. The first-order valence-electron chi connectivity index (χ1n) is 6.21. The van der Waals surface area contributed by atoms with E-state index in [-0.39, 0.29) is 24.4 Å². The van der Waals surface area contributed by atoms with Gasteiger partial charge >= 0.3 is 0 Å². The minimum atomic E-state index is -2.71. The summed E-state index contributed by atoms with van der Waals surface area (Å²) in [5.41, 5.74) is 6.42. The van der Waals surface area contributed by atoms with Crippen molar-refractivity contribution >= 4 is 11.5 Å². The Morgan fingerprint density at radius 3 is 2.67 bits per heavy atom. The van der Waals surface area contributed by atoms with Crippen LogP contribution in [-0.4, -0.2) is 27.8 Å². The molecule has 7 nitrogen and oxygen atoms in total. The zero-order valence-electron chi connectivity index (χ0n) is 11.3. The second-order valence-corrected chi connectivity index (χ2v) is 5.04. The van der Waals surface area contributed by atoms with Crippen molar-refractivity contribution in [3.63, 3.8) is 0 Å². The van der Waals surface area contributed by atoms with Gasteiger partial charge in [-0.3, -0.25) is 10.1 Å². The largest absolute Gasteiger partial charge is 0.382 e. The van der Waals surface area contributed by atoms with Gasteiger partial charge in [0.25, 0.3) is 11.6 Å². The Labute approximate surface area is 119 Å². The molecule has 1 fully saturated rings. The highest BCUT2D eigenvalue weighted by Crippen LogP contribution is 2.39. The van der Waals surface area contributed by atoms with Crippen LogP contribution in [0.4, 0.5) is 14.5 Å². The van der Waals surface area contributed by atoms with Gasteiger partial charge in [-0.15, -0.1) is 5.10 Å². The van der Waals surface area contributed by atoms with Crippen molar-refractivity contribution in [3.8, 4) is 0 Å². The fourth-order valence-electron chi connectivity index (χ4n) is 2.05. The first-order valence-corrected chi connectivity index (χ1v) is 6.21. The summed E-state index contributed by atoms with van der Waals surface area (Å²) in [6.45, 7) is 1.60. The third kappa shape index (κ3) is 3.24. The number of amidine groups is 1. The van der Waals surface area contributed by atoms with Gasteiger partial charge in [-0.1, -0.05) is 12.1 Å². The molecule has 1 aliphatic rings. The van der Waals surface area contributed by atoms with E-state index in [4.69, 9.17) is 11.6 Å². The van der Waals surface area contributed by atoms with Crippen LogP contribution in [0.3, 0.4) is 0 Å². The summed E-state index contributed by atoms with van der Waals surface area (Å²) in [6.07, 6.45) is -0.761. The Bertz CT molecular complexity index is 597. The Balaban J connectivity index is 2.16. The summed E-state index contributed by atoms with van der Waals surface area (Å²) in [4.78, 5) is 10.3. The first kappa shape index (κ1) is 15.1. The summed E-state index contributed by atoms with van der Waals surface area (Å²) < 4.78 is 25.5. The van der Waals surface area contributed by atoms with E-state index in [0.29, 0.717) is 11.1 Å². The number of nitro benzene ring substituents is 1. The molecule has 0 aromatic heterocycles. The lowest BCUT2D eigenvalue weighted by atomic mass is 9.88. The number of aryl methyl sites for hydroxylation is 1. The van der Waals surface area contributed by atoms with Crippen molar-refractivity contribution in [2.45, 2.75) is 31.7 Å². The van der Waals surface area contributed by atoms with E-state index in [1.165, 1.54) is 12.1 Å². The second-order valence-electron chi connectivity index (χ2n) is 5.04. The number of hydrazine groups is 1. The molecule has 21 heavy (non-hydrogen) atoms. The molecule has 0 heterocycles. The van der Waals surface area contributed by atoms with E-state index in [2.05, 4.69) is 5.10 Å². The second kappa shape index (κ2) is 5.24. The molecule has 1 saturated carbocycles. The van der Waals surface area contributed by atoms with Gasteiger partial charge in [0.1, 0.15) is 0 Å². The van der Waals surface area contributed by atoms with Gasteiger partial charge in [-0.05, 0) is 6.92 Å². The van der Waals surface area contributed by atoms with Crippen LogP contribution in [0.2, 0.25) is 0 Å². The molecule has 0 unspecified atom stereocenters. The predicted molar refractivity (Wildman–Crippen MR) is 72.6 cm³/mol. The Kier molecular flexibility index (Phi) is 3.77. The third-order valence-corrected chi connectivity index (χ3v) is 3.37. The quantitative estimate of drug-likeness (QED) is 0.288. The van der Waals surface area contributed by atoms with Crippen LogP contribution >= 0.6 is 0 Å². The van der Waals surface area contributed by atoms with Crippen LogP contribution in [-0.2, 0) is 0 Å². The molecule has 9 heteroatoms. The summed E-state index contributed by atoms with van der Waals surface area (Å²) in [5.74, 6) is 2.79. The molecule has 4 N–H and O–H groups in total. The number of halogens is 2. The van der Waals surface area contributed by atoms with Crippen molar-refractivity contribution in [2.75, 3.05) is 0 Å². The summed E-state index contributed by atoms with van der Waals surface area (Å²) in [6, 6.07) is 3.79. The van der Waals surface area contributed by atoms with Crippen LogP contribution in [0.1, 0.15) is 24.0 Å². The predicted octanol–water partition coefficient (Wildman–Crippen LogP) is 1.50. The molecule has 1 aromatic carbocycles. The monoisotopic (exact) mass is 299 g/mol. The van der Waals surface area contributed by atoms with Crippen molar-refractivity contribution < 1.29 is 13.7 Å². The smallest absolute Gasteiger partial charge is 0.273 e. The van der Waals surface area contributed by atoms with Crippen molar-refractivity contribution in [2.24, 2.45) is 16.7 Å². The molecule has 0 saturated heterocycles. The maximum Gasteiger partial charge on any atom is 0.273 e. The van der Waals surface area contributed by atoms with Gasteiger partial charge in [0.05, 0.1) is 11.0 Å². The highest BCUT2D eigenvalue weighted by Gasteiger charge is 2.47. The minimum Gasteiger partial charge on any atom is -0.382 e. The van der Waals surface area contributed by atoms with Crippen LogP contribution in [0, 0.1) is 17.0 Å². The zero-order chi connectivity index (χ0) is 15.8. The molecule has 0 radical (unpaired) electrons. The molecule has 2 rings (SSSR count). The lowest BCUT2D eigenvalue weighted by Gasteiger charge is -2.38. The highest BCUT2D eigenvalue weighted by molar-refractivity contribution is 5.97. The SMILES string of the molecule is Cc1ccc(/C(N)=N/N(N)C2CC(F)(F)C2)cc1[N+](=O)[O-]. The fraction of sp³-hybridized carbons (Fsp3) is 0.417. The molecule has 1 aromatic rings. The normalized spacial score (nSPS) is 18.2. The Morgan fingerprint density at radius 2 is 2.14 bits per heavy atom. The number of rotatable bonds is 4. The number of nitro groups is 1. The Morgan fingerprint density at radius 1 is 1.52 bits per heavy atom. The van der Waals surface area contributed by atoms with E-state index in [1.54, 1.807) is 13.0 Å². The summed E-state index contributed by atoms with van der Waals surface area (Å²) >= 11 is 0. The number of alkyl halides is 2. The molecular weight excluding hydrogens is 284 g/mol. The van der Waals surface area contributed by atoms with E-state index in [1.807, 2.05) is 0 Å². The molecule has 0 aliphatic heterocycles. The van der Waals surface area contributed by atoms with E-state index >= 15 is 0 Å². The van der Waals surface area contributed by atoms with Crippen molar-refractivity contribution in [1.82, 2.24) is 5.12 Å². The molecule has 0 amide bonds. The van der Waals surface area contributed by atoms with Crippen molar-refractivity contribution in [1.29, 1.82) is 0 Å². The number of nitrogens with zero attached hydrogens (tertiary/aromatic N) is 3. The first-order chi connectivity index (χ1) is 9.69.